The Balaban J connectivity index is 1.26. The van der Waals surface area contributed by atoms with Crippen molar-refractivity contribution in [3.8, 4) is 55.6 Å². The van der Waals surface area contributed by atoms with E-state index in [1.54, 1.807) is 0 Å². The summed E-state index contributed by atoms with van der Waals surface area (Å²) in [7, 11) is 0. The van der Waals surface area contributed by atoms with Crippen LogP contribution in [0.3, 0.4) is 0 Å². The summed E-state index contributed by atoms with van der Waals surface area (Å²) in [6.07, 6.45) is 0. The standard InChI is InChI=1S/C59H43N/c1-59(2)52-33-13-11-29-51(52)58-53(59)34-18-36-55(58)60(54-35-14-12-28-49(54)50-32-17-26-43-25-16-31-48(57(43)50)42-21-7-4-8-22-42)56-39-44(37-38-47(56)41-19-5-3-6-20-41)46-30-15-24-40-23-9-10-27-45(40)46/h3-39H,1-2H3. The lowest BCUT2D eigenvalue weighted by atomic mass is 9.82. The van der Waals surface area contributed by atoms with Crippen LogP contribution < -0.4 is 4.90 Å². The van der Waals surface area contributed by atoms with E-state index in [1.807, 2.05) is 0 Å². The summed E-state index contributed by atoms with van der Waals surface area (Å²) in [6.45, 7) is 4.75. The number of hydrogen-bond acceptors (Lipinski definition) is 1. The second-order valence-electron chi connectivity index (χ2n) is 16.4. The van der Waals surface area contributed by atoms with Gasteiger partial charge in [0.05, 0.1) is 17.1 Å². The number of benzene rings is 10. The topological polar surface area (TPSA) is 3.24 Å². The van der Waals surface area contributed by atoms with Crippen LogP contribution in [0.25, 0.3) is 77.2 Å². The fourth-order valence-electron chi connectivity index (χ4n) is 9.85. The summed E-state index contributed by atoms with van der Waals surface area (Å²) in [4.78, 5) is 2.58. The molecular formula is C59H43N. The monoisotopic (exact) mass is 765 g/mol. The second kappa shape index (κ2) is 14.4. The Bertz CT molecular complexity index is 3220. The van der Waals surface area contributed by atoms with Gasteiger partial charge in [0.1, 0.15) is 0 Å². The van der Waals surface area contributed by atoms with Crippen LogP contribution in [-0.4, -0.2) is 0 Å². The second-order valence-corrected chi connectivity index (χ2v) is 16.4. The molecule has 0 unspecified atom stereocenters. The summed E-state index contributed by atoms with van der Waals surface area (Å²) in [5.41, 5.74) is 18.0. The van der Waals surface area contributed by atoms with Gasteiger partial charge in [0.25, 0.3) is 0 Å². The molecule has 1 nitrogen and oxygen atoms in total. The van der Waals surface area contributed by atoms with Crippen LogP contribution in [0, 0.1) is 0 Å². The SMILES string of the molecule is CC1(C)c2ccccc2-c2c(N(c3cc(-c4cccc5ccccc45)ccc3-c3ccccc3)c3ccccc3-c3cccc4cccc(-c5ccccc5)c34)cccc21. The third-order valence-corrected chi connectivity index (χ3v) is 12.7. The van der Waals surface area contributed by atoms with Crippen molar-refractivity contribution >= 4 is 38.6 Å². The molecule has 11 rings (SSSR count). The first-order valence-electron chi connectivity index (χ1n) is 20.9. The largest absolute Gasteiger partial charge is 0.309 e. The molecular weight excluding hydrogens is 723 g/mol. The lowest BCUT2D eigenvalue weighted by Gasteiger charge is -2.33. The van der Waals surface area contributed by atoms with Crippen LogP contribution in [0.1, 0.15) is 25.0 Å². The zero-order valence-electron chi connectivity index (χ0n) is 33.8. The highest BCUT2D eigenvalue weighted by molar-refractivity contribution is 6.10. The lowest BCUT2D eigenvalue weighted by Crippen LogP contribution is -2.16. The highest BCUT2D eigenvalue weighted by atomic mass is 15.2. The van der Waals surface area contributed by atoms with E-state index < -0.39 is 0 Å². The van der Waals surface area contributed by atoms with Gasteiger partial charge in [-0.15, -0.1) is 0 Å². The van der Waals surface area contributed by atoms with Gasteiger partial charge >= 0.3 is 0 Å². The molecule has 0 atom stereocenters. The van der Waals surface area contributed by atoms with Gasteiger partial charge in [0.2, 0.25) is 0 Å². The van der Waals surface area contributed by atoms with Crippen molar-refractivity contribution in [3.05, 3.63) is 236 Å². The molecule has 0 aliphatic heterocycles. The van der Waals surface area contributed by atoms with Crippen LogP contribution in [0.4, 0.5) is 17.1 Å². The molecule has 10 aromatic carbocycles. The quantitative estimate of drug-likeness (QED) is 0.156. The molecule has 0 N–H and O–H groups in total. The molecule has 0 saturated carbocycles. The number of fused-ring (bicyclic) bond motifs is 5. The zero-order valence-corrected chi connectivity index (χ0v) is 33.8. The van der Waals surface area contributed by atoms with Gasteiger partial charge in [-0.2, -0.15) is 0 Å². The Kier molecular flexibility index (Phi) is 8.57. The molecule has 1 heteroatoms. The fraction of sp³-hybridized carbons (Fsp3) is 0.0508. The lowest BCUT2D eigenvalue weighted by molar-refractivity contribution is 0.660. The molecule has 1 aliphatic carbocycles. The Morgan fingerprint density at radius 1 is 0.317 bits per heavy atom. The predicted octanol–water partition coefficient (Wildman–Crippen LogP) is 16.4. The van der Waals surface area contributed by atoms with Gasteiger partial charge in [0.15, 0.2) is 0 Å². The van der Waals surface area contributed by atoms with E-state index in [1.165, 1.54) is 88.3 Å². The first-order valence-corrected chi connectivity index (χ1v) is 20.9. The van der Waals surface area contributed by atoms with Gasteiger partial charge < -0.3 is 4.90 Å². The molecule has 0 fully saturated rings. The molecule has 0 saturated heterocycles. The molecule has 1 aliphatic rings. The molecule has 0 bridgehead atoms. The zero-order chi connectivity index (χ0) is 40.2. The minimum Gasteiger partial charge on any atom is -0.309 e. The third-order valence-electron chi connectivity index (χ3n) is 12.7. The van der Waals surface area contributed by atoms with Gasteiger partial charge in [-0.25, -0.2) is 0 Å². The minimum absolute atomic E-state index is 0.166. The predicted molar refractivity (Wildman–Crippen MR) is 255 cm³/mol. The van der Waals surface area contributed by atoms with E-state index in [9.17, 15) is 0 Å². The summed E-state index contributed by atoms with van der Waals surface area (Å²) in [6, 6.07) is 82.6. The smallest absolute Gasteiger partial charge is 0.0546 e. The summed E-state index contributed by atoms with van der Waals surface area (Å²) < 4.78 is 0. The summed E-state index contributed by atoms with van der Waals surface area (Å²) >= 11 is 0. The average molecular weight is 766 g/mol. The van der Waals surface area contributed by atoms with Gasteiger partial charge in [-0.3, -0.25) is 0 Å². The Morgan fingerprint density at radius 3 is 1.63 bits per heavy atom. The van der Waals surface area contributed by atoms with Crippen molar-refractivity contribution < 1.29 is 0 Å². The maximum atomic E-state index is 2.58. The molecule has 284 valence electrons. The van der Waals surface area contributed by atoms with Crippen LogP contribution in [0.15, 0.2) is 224 Å². The molecule has 10 aromatic rings. The van der Waals surface area contributed by atoms with E-state index in [4.69, 9.17) is 0 Å². The van der Waals surface area contributed by atoms with Gasteiger partial charge in [0, 0.05) is 22.1 Å². The first-order chi connectivity index (χ1) is 29.6. The summed E-state index contributed by atoms with van der Waals surface area (Å²) in [5, 5.41) is 4.94. The number of para-hydroxylation sites is 1. The van der Waals surface area contributed by atoms with Crippen LogP contribution in [0.5, 0.6) is 0 Å². The Hall–Kier alpha value is -7.48. The van der Waals surface area contributed by atoms with Crippen molar-refractivity contribution in [2.75, 3.05) is 4.90 Å². The molecule has 0 radical (unpaired) electrons. The van der Waals surface area contributed by atoms with Crippen LogP contribution >= 0.6 is 0 Å². The van der Waals surface area contributed by atoms with Gasteiger partial charge in [-0.05, 0) is 89.8 Å². The normalized spacial score (nSPS) is 12.6. The van der Waals surface area contributed by atoms with E-state index in [2.05, 4.69) is 243 Å². The molecule has 0 heterocycles. The van der Waals surface area contributed by atoms with Crippen molar-refractivity contribution in [1.29, 1.82) is 0 Å². The van der Waals surface area contributed by atoms with Crippen molar-refractivity contribution in [2.45, 2.75) is 19.3 Å². The number of rotatable bonds is 7. The fourth-order valence-corrected chi connectivity index (χ4v) is 9.85. The van der Waals surface area contributed by atoms with Gasteiger partial charge in [-0.1, -0.05) is 220 Å². The van der Waals surface area contributed by atoms with E-state index in [-0.39, 0.29) is 5.41 Å². The van der Waals surface area contributed by atoms with E-state index in [0.717, 1.165) is 17.1 Å². The third kappa shape index (κ3) is 5.77. The highest BCUT2D eigenvalue weighted by Crippen LogP contribution is 2.56. The molecule has 0 spiro atoms. The van der Waals surface area contributed by atoms with Crippen molar-refractivity contribution in [1.82, 2.24) is 0 Å². The molecule has 0 amide bonds. The van der Waals surface area contributed by atoms with E-state index in [0.29, 0.717) is 0 Å². The van der Waals surface area contributed by atoms with Crippen LogP contribution in [0.2, 0.25) is 0 Å². The Labute approximate surface area is 352 Å². The average Bonchev–Trinajstić information content (AvgIpc) is 3.55. The Morgan fingerprint density at radius 2 is 0.850 bits per heavy atom. The first kappa shape index (κ1) is 35.7. The van der Waals surface area contributed by atoms with Crippen molar-refractivity contribution in [3.63, 3.8) is 0 Å². The maximum absolute atomic E-state index is 2.58. The highest BCUT2D eigenvalue weighted by Gasteiger charge is 2.38. The van der Waals surface area contributed by atoms with Crippen molar-refractivity contribution in [2.24, 2.45) is 0 Å². The number of anilines is 3. The minimum atomic E-state index is -0.166. The van der Waals surface area contributed by atoms with Crippen LogP contribution in [-0.2, 0) is 5.41 Å². The number of hydrogen-bond donors (Lipinski definition) is 0. The summed E-state index contributed by atoms with van der Waals surface area (Å²) in [5.74, 6) is 0. The molecule has 60 heavy (non-hydrogen) atoms. The maximum Gasteiger partial charge on any atom is 0.0546 e. The number of nitrogens with zero attached hydrogens (tertiary/aromatic N) is 1. The molecule has 0 aromatic heterocycles. The van der Waals surface area contributed by atoms with E-state index >= 15 is 0 Å².